The maximum Gasteiger partial charge on any atom is 0.303 e. The maximum atomic E-state index is 12.7. The number of amides is 1. The smallest absolute Gasteiger partial charge is 0.303 e. The molecular formula is C26H39NO14. The minimum atomic E-state index is -1.50. The Morgan fingerprint density at radius 3 is 1.34 bits per heavy atom. The second-order valence-corrected chi connectivity index (χ2v) is 10.0. The second kappa shape index (κ2) is 14.5. The molecule has 0 spiro atoms. The number of ether oxygens (including phenoxy) is 7. The van der Waals surface area contributed by atoms with Gasteiger partial charge in [-0.1, -0.05) is 0 Å². The van der Waals surface area contributed by atoms with Gasteiger partial charge in [-0.2, -0.15) is 0 Å². The lowest BCUT2D eigenvalue weighted by atomic mass is 9.93. The Bertz CT molecular complexity index is 1000. The topological polar surface area (TPSA) is 190 Å². The van der Waals surface area contributed by atoms with Crippen LogP contribution in [0.4, 0.5) is 0 Å². The van der Waals surface area contributed by atoms with Crippen molar-refractivity contribution >= 4 is 35.8 Å². The molecule has 1 amide bonds. The molecule has 0 aliphatic carbocycles. The van der Waals surface area contributed by atoms with Crippen molar-refractivity contribution in [2.45, 2.75) is 116 Å². The van der Waals surface area contributed by atoms with E-state index in [4.69, 9.17) is 33.2 Å². The number of aliphatic hydroxyl groups is 1. The van der Waals surface area contributed by atoms with E-state index < -0.39 is 96.8 Å². The summed E-state index contributed by atoms with van der Waals surface area (Å²) in [4.78, 5) is 73.0. The van der Waals surface area contributed by atoms with E-state index in [0.29, 0.717) is 0 Å². The number of hydrogen-bond donors (Lipinski definition) is 1. The zero-order valence-electron chi connectivity index (χ0n) is 24.4. The van der Waals surface area contributed by atoms with Gasteiger partial charge >= 0.3 is 29.8 Å². The van der Waals surface area contributed by atoms with Crippen molar-refractivity contribution in [2.24, 2.45) is 0 Å². The van der Waals surface area contributed by atoms with Gasteiger partial charge in [0.25, 0.3) is 0 Å². The van der Waals surface area contributed by atoms with Gasteiger partial charge in [0.1, 0.15) is 18.3 Å². The molecule has 41 heavy (non-hydrogen) atoms. The molecular weight excluding hydrogens is 550 g/mol. The lowest BCUT2D eigenvalue weighted by Crippen LogP contribution is -2.64. The molecule has 10 atom stereocenters. The van der Waals surface area contributed by atoms with Crippen LogP contribution in [0.3, 0.4) is 0 Å². The van der Waals surface area contributed by atoms with Crippen molar-refractivity contribution in [1.82, 2.24) is 4.90 Å². The van der Waals surface area contributed by atoms with Gasteiger partial charge in [0, 0.05) is 48.1 Å². The number of aliphatic hydroxyl groups excluding tert-OH is 1. The van der Waals surface area contributed by atoms with Crippen LogP contribution >= 0.6 is 0 Å². The van der Waals surface area contributed by atoms with Crippen molar-refractivity contribution in [3.05, 3.63) is 0 Å². The summed E-state index contributed by atoms with van der Waals surface area (Å²) in [6.07, 6.45) is -11.4. The third-order valence-corrected chi connectivity index (χ3v) is 6.52. The van der Waals surface area contributed by atoms with Gasteiger partial charge in [-0.15, -0.1) is 0 Å². The molecule has 0 radical (unpaired) electrons. The van der Waals surface area contributed by atoms with Crippen LogP contribution in [0.15, 0.2) is 0 Å². The predicted octanol–water partition coefficient (Wildman–Crippen LogP) is -0.571. The molecule has 2 fully saturated rings. The van der Waals surface area contributed by atoms with Crippen LogP contribution in [0.2, 0.25) is 0 Å². The van der Waals surface area contributed by atoms with E-state index in [0.717, 1.165) is 34.6 Å². The van der Waals surface area contributed by atoms with Crippen molar-refractivity contribution in [1.29, 1.82) is 0 Å². The van der Waals surface area contributed by atoms with Crippen LogP contribution in [-0.2, 0) is 61.9 Å². The highest BCUT2D eigenvalue weighted by Crippen LogP contribution is 2.31. The zero-order valence-corrected chi connectivity index (χ0v) is 24.4. The van der Waals surface area contributed by atoms with E-state index in [1.54, 1.807) is 13.8 Å². The predicted molar refractivity (Wildman–Crippen MR) is 135 cm³/mol. The summed E-state index contributed by atoms with van der Waals surface area (Å²) in [5.41, 5.74) is 0. The summed E-state index contributed by atoms with van der Waals surface area (Å²) < 4.78 is 38.5. The van der Waals surface area contributed by atoms with Crippen molar-refractivity contribution in [2.75, 3.05) is 13.1 Å². The molecule has 15 nitrogen and oxygen atoms in total. The molecule has 232 valence electrons. The molecule has 2 aliphatic heterocycles. The molecule has 0 bridgehead atoms. The van der Waals surface area contributed by atoms with Crippen LogP contribution in [0, 0.1) is 0 Å². The Labute approximate surface area is 237 Å². The average Bonchev–Trinajstić information content (AvgIpc) is 2.82. The summed E-state index contributed by atoms with van der Waals surface area (Å²) in [7, 11) is 0. The Morgan fingerprint density at radius 1 is 0.561 bits per heavy atom. The highest BCUT2D eigenvalue weighted by molar-refractivity contribution is 5.73. The second-order valence-electron chi connectivity index (χ2n) is 10.0. The first-order valence-corrected chi connectivity index (χ1v) is 13.1. The molecule has 0 unspecified atom stereocenters. The van der Waals surface area contributed by atoms with Gasteiger partial charge in [0.15, 0.2) is 30.5 Å². The molecule has 15 heteroatoms. The number of esters is 5. The van der Waals surface area contributed by atoms with Crippen molar-refractivity contribution in [3.63, 3.8) is 0 Å². The van der Waals surface area contributed by atoms with E-state index in [1.807, 2.05) is 0 Å². The fraction of sp³-hybridized carbons (Fsp3) is 0.769. The van der Waals surface area contributed by atoms with Gasteiger partial charge in [-0.3, -0.25) is 28.8 Å². The number of hydrogen-bond acceptors (Lipinski definition) is 14. The molecule has 2 heterocycles. The minimum Gasteiger partial charge on any atom is -0.456 e. The molecule has 2 rings (SSSR count). The minimum absolute atomic E-state index is 0.227. The number of nitrogens with zero attached hydrogens (tertiary/aromatic N) is 1. The largest absolute Gasteiger partial charge is 0.456 e. The van der Waals surface area contributed by atoms with Crippen LogP contribution < -0.4 is 0 Å². The fourth-order valence-corrected chi connectivity index (χ4v) is 4.96. The Balaban J connectivity index is 2.36. The van der Waals surface area contributed by atoms with Crippen LogP contribution in [0.5, 0.6) is 0 Å². The Kier molecular flexibility index (Phi) is 12.0. The third-order valence-electron chi connectivity index (χ3n) is 6.52. The van der Waals surface area contributed by atoms with E-state index in [2.05, 4.69) is 0 Å². The first-order chi connectivity index (χ1) is 19.0. The number of carbonyl (C=O) groups excluding carboxylic acids is 6. The maximum absolute atomic E-state index is 12.7. The van der Waals surface area contributed by atoms with Crippen LogP contribution in [-0.4, -0.2) is 120 Å². The van der Waals surface area contributed by atoms with Gasteiger partial charge in [0.2, 0.25) is 5.91 Å². The fourth-order valence-electron chi connectivity index (χ4n) is 4.96. The lowest BCUT2D eigenvalue weighted by Gasteiger charge is -2.46. The average molecular weight is 590 g/mol. The van der Waals surface area contributed by atoms with Gasteiger partial charge < -0.3 is 43.2 Å². The van der Waals surface area contributed by atoms with E-state index in [1.165, 1.54) is 11.8 Å². The summed E-state index contributed by atoms with van der Waals surface area (Å²) in [5.74, 6) is -4.04. The van der Waals surface area contributed by atoms with Crippen LogP contribution in [0.25, 0.3) is 0 Å². The first-order valence-electron chi connectivity index (χ1n) is 13.1. The van der Waals surface area contributed by atoms with Gasteiger partial charge in [-0.25, -0.2) is 0 Å². The van der Waals surface area contributed by atoms with E-state index in [9.17, 15) is 33.9 Å². The molecule has 1 N–H and O–H groups in total. The Hall–Kier alpha value is -3.30. The molecule has 2 aliphatic rings. The molecule has 0 saturated carbocycles. The number of carbonyl (C=O) groups is 6. The summed E-state index contributed by atoms with van der Waals surface area (Å²) in [6.45, 7) is 9.63. The quantitative estimate of drug-likeness (QED) is 0.266. The summed E-state index contributed by atoms with van der Waals surface area (Å²) >= 11 is 0. The highest BCUT2D eigenvalue weighted by Gasteiger charge is 2.52. The normalized spacial score (nSPS) is 33.1. The standard InChI is InChI=1S/C26H39NO14/c1-11-22(37-14(4)29)25(40-17(7)32)21(34)19(35-11)9-27(13(3)28)10-20-24(39-16(6)31)26(41-18(8)33)23(12(2)36-20)38-15(5)30/h11-12,19-26,34H,9-10H2,1-8H3/t11-,12-,19+,20+,21+,22+,23+,24+,25-,26+/m0/s1. The van der Waals surface area contributed by atoms with E-state index >= 15 is 0 Å². The molecule has 0 aromatic rings. The molecule has 2 saturated heterocycles. The summed E-state index contributed by atoms with van der Waals surface area (Å²) in [6, 6.07) is 0. The summed E-state index contributed by atoms with van der Waals surface area (Å²) in [5, 5.41) is 11.1. The lowest BCUT2D eigenvalue weighted by molar-refractivity contribution is -0.249. The molecule has 0 aromatic heterocycles. The Morgan fingerprint density at radius 2 is 0.902 bits per heavy atom. The van der Waals surface area contributed by atoms with Gasteiger partial charge in [0.05, 0.1) is 18.8 Å². The van der Waals surface area contributed by atoms with Crippen molar-refractivity contribution < 1.29 is 67.0 Å². The monoisotopic (exact) mass is 589 g/mol. The van der Waals surface area contributed by atoms with Crippen LogP contribution in [0.1, 0.15) is 55.4 Å². The number of rotatable bonds is 9. The zero-order chi connectivity index (χ0) is 31.2. The first kappa shape index (κ1) is 33.9. The van der Waals surface area contributed by atoms with E-state index in [-0.39, 0.29) is 13.1 Å². The highest BCUT2D eigenvalue weighted by atomic mass is 16.7. The molecule has 0 aromatic carbocycles. The third kappa shape index (κ3) is 9.36. The van der Waals surface area contributed by atoms with Gasteiger partial charge in [-0.05, 0) is 13.8 Å². The SMILES string of the molecule is CC(=O)O[C@@H]1[C@H](OC(C)=O)[C@H](C)O[C@H](CN(C[C@H]2O[C@@H](C)[C@@H](OC(C)=O)[C@@H](OC(C)=O)[C@@H]2O)C(C)=O)[C@H]1OC(C)=O. The van der Waals surface area contributed by atoms with Crippen molar-refractivity contribution in [3.8, 4) is 0 Å².